The van der Waals surface area contributed by atoms with Crippen molar-refractivity contribution in [1.82, 2.24) is 5.32 Å². The van der Waals surface area contributed by atoms with Crippen LogP contribution in [-0.2, 0) is 20.7 Å². The van der Waals surface area contributed by atoms with Gasteiger partial charge in [0.1, 0.15) is 0 Å². The molecule has 0 amide bonds. The van der Waals surface area contributed by atoms with Crippen molar-refractivity contribution in [2.24, 2.45) is 0 Å². The lowest BCUT2D eigenvalue weighted by atomic mass is 9.85. The summed E-state index contributed by atoms with van der Waals surface area (Å²) < 4.78 is 15.7. The molecule has 0 bridgehead atoms. The third kappa shape index (κ3) is 4.32. The summed E-state index contributed by atoms with van der Waals surface area (Å²) in [6.45, 7) is 7.45. The zero-order valence-corrected chi connectivity index (χ0v) is 15.6. The van der Waals surface area contributed by atoms with E-state index >= 15 is 0 Å². The highest BCUT2D eigenvalue weighted by molar-refractivity contribution is 6.39. The Hall–Kier alpha value is -2.50. The predicted octanol–water partition coefficient (Wildman–Crippen LogP) is 2.49. The molecule has 0 spiro atoms. The number of methoxy groups -OCH3 is 2. The molecule has 1 N–H and O–H groups in total. The van der Waals surface area contributed by atoms with Crippen LogP contribution in [0, 0.1) is 0 Å². The number of hydrogen-bond donors (Lipinski definition) is 1. The third-order valence-corrected chi connectivity index (χ3v) is 3.82. The van der Waals surface area contributed by atoms with Gasteiger partial charge in [0.2, 0.25) is 0 Å². The second-order valence-corrected chi connectivity index (χ2v) is 6.93. The lowest BCUT2D eigenvalue weighted by Gasteiger charge is -2.36. The molecule has 136 valence electrons. The largest absolute Gasteiger partial charge is 0.493 e. The van der Waals surface area contributed by atoms with Gasteiger partial charge in [0.15, 0.2) is 11.5 Å². The van der Waals surface area contributed by atoms with Crippen molar-refractivity contribution < 1.29 is 23.8 Å². The Morgan fingerprint density at radius 2 is 1.76 bits per heavy atom. The fourth-order valence-corrected chi connectivity index (χ4v) is 2.85. The lowest BCUT2D eigenvalue weighted by molar-refractivity contribution is -0.154. The number of carbonyl (C=O) groups is 2. The van der Waals surface area contributed by atoms with Gasteiger partial charge in [-0.2, -0.15) is 0 Å². The van der Waals surface area contributed by atoms with Crippen molar-refractivity contribution in [2.45, 2.75) is 45.8 Å². The average Bonchev–Trinajstić information content (AvgIpc) is 2.51. The molecule has 1 aliphatic rings. The summed E-state index contributed by atoms with van der Waals surface area (Å²) in [6.07, 6.45) is 1.68. The Balaban J connectivity index is 2.48. The third-order valence-electron chi connectivity index (χ3n) is 3.82. The molecule has 0 radical (unpaired) electrons. The highest BCUT2D eigenvalue weighted by Crippen LogP contribution is 2.37. The highest BCUT2D eigenvalue weighted by atomic mass is 16.5. The number of rotatable bonds is 5. The lowest BCUT2D eigenvalue weighted by Crippen LogP contribution is -2.44. The molecule has 0 atom stereocenters. The summed E-state index contributed by atoms with van der Waals surface area (Å²) in [5.74, 6) is -0.376. The maximum atomic E-state index is 12.2. The zero-order valence-electron chi connectivity index (χ0n) is 15.6. The number of nitrogens with one attached hydrogen (secondary N) is 1. The molecule has 2 rings (SSSR count). The van der Waals surface area contributed by atoms with Crippen molar-refractivity contribution in [3.8, 4) is 11.5 Å². The van der Waals surface area contributed by atoms with Gasteiger partial charge in [-0.25, -0.2) is 4.79 Å². The first-order chi connectivity index (χ1) is 11.7. The maximum absolute atomic E-state index is 12.2. The molecule has 1 aliphatic heterocycles. The van der Waals surface area contributed by atoms with E-state index in [1.165, 1.54) is 6.08 Å². The zero-order chi connectivity index (χ0) is 18.8. The van der Waals surface area contributed by atoms with E-state index in [0.717, 1.165) is 17.5 Å². The Bertz CT molecular complexity index is 719. The fourth-order valence-electron chi connectivity index (χ4n) is 2.85. The summed E-state index contributed by atoms with van der Waals surface area (Å²) in [6, 6.07) is 3.71. The van der Waals surface area contributed by atoms with E-state index in [-0.39, 0.29) is 11.6 Å². The van der Waals surface area contributed by atoms with Crippen LogP contribution in [0.5, 0.6) is 11.5 Å². The van der Waals surface area contributed by atoms with Crippen LogP contribution in [0.3, 0.4) is 0 Å². The first-order valence-electron chi connectivity index (χ1n) is 8.17. The summed E-state index contributed by atoms with van der Waals surface area (Å²) in [5, 5.41) is 3.31. The number of fused-ring (bicyclic) bond motifs is 1. The van der Waals surface area contributed by atoms with Gasteiger partial charge < -0.3 is 19.5 Å². The molecule has 0 saturated carbocycles. The summed E-state index contributed by atoms with van der Waals surface area (Å²) in [7, 11) is 3.14. The second kappa shape index (κ2) is 7.17. The minimum Gasteiger partial charge on any atom is -0.493 e. The van der Waals surface area contributed by atoms with Crippen LogP contribution in [0.25, 0.3) is 5.70 Å². The number of hydrogen-bond acceptors (Lipinski definition) is 6. The van der Waals surface area contributed by atoms with Crippen LogP contribution in [-0.4, -0.2) is 37.6 Å². The smallest absolute Gasteiger partial charge is 0.379 e. The molecule has 0 aromatic heterocycles. The summed E-state index contributed by atoms with van der Waals surface area (Å²) in [5.41, 5.74) is 2.11. The first kappa shape index (κ1) is 18.8. The minimum atomic E-state index is -0.866. The maximum Gasteiger partial charge on any atom is 0.379 e. The van der Waals surface area contributed by atoms with Crippen molar-refractivity contribution in [3.63, 3.8) is 0 Å². The average molecular weight is 347 g/mol. The first-order valence-corrected chi connectivity index (χ1v) is 8.17. The van der Waals surface area contributed by atoms with Crippen molar-refractivity contribution >= 4 is 17.4 Å². The van der Waals surface area contributed by atoms with Gasteiger partial charge in [-0.15, -0.1) is 0 Å². The van der Waals surface area contributed by atoms with Crippen molar-refractivity contribution in [2.75, 3.05) is 14.2 Å². The number of benzene rings is 1. The predicted molar refractivity (Wildman–Crippen MR) is 94.7 cm³/mol. The van der Waals surface area contributed by atoms with Crippen molar-refractivity contribution in [3.05, 3.63) is 29.3 Å². The monoisotopic (exact) mass is 347 g/mol. The van der Waals surface area contributed by atoms with Gasteiger partial charge in [-0.3, -0.25) is 4.79 Å². The Morgan fingerprint density at radius 3 is 2.32 bits per heavy atom. The standard InChI is InChI=1S/C19H25NO5/c1-11(2)25-18(22)15(21)9-14-13-8-17(24-6)16(23-5)7-12(13)10-19(3,4)20-14/h7-9,11,20H,10H2,1-6H3/b14-9-. The molecule has 1 aromatic rings. The quantitative estimate of drug-likeness (QED) is 0.501. The fraction of sp³-hybridized carbons (Fsp3) is 0.474. The van der Waals surface area contributed by atoms with Gasteiger partial charge in [0, 0.05) is 22.9 Å². The number of ketones is 1. The molecule has 0 aliphatic carbocycles. The van der Waals surface area contributed by atoms with E-state index in [2.05, 4.69) is 5.32 Å². The molecule has 1 heterocycles. The number of ether oxygens (including phenoxy) is 3. The Kier molecular flexibility index (Phi) is 5.40. The van der Waals surface area contributed by atoms with Crippen LogP contribution in [0.4, 0.5) is 0 Å². The Morgan fingerprint density at radius 1 is 1.16 bits per heavy atom. The van der Waals surface area contributed by atoms with Gasteiger partial charge in [0.05, 0.1) is 20.3 Å². The van der Waals surface area contributed by atoms with Crippen LogP contribution in [0.2, 0.25) is 0 Å². The van der Waals surface area contributed by atoms with Crippen LogP contribution < -0.4 is 14.8 Å². The van der Waals surface area contributed by atoms with Crippen molar-refractivity contribution in [1.29, 1.82) is 0 Å². The molecule has 0 fully saturated rings. The van der Waals surface area contributed by atoms with E-state index in [0.29, 0.717) is 17.2 Å². The SMILES string of the molecule is COc1cc2c(cc1OC)/C(=C/C(=O)C(=O)OC(C)C)NC(C)(C)C2. The van der Waals surface area contributed by atoms with Crippen LogP contribution in [0.1, 0.15) is 38.8 Å². The molecule has 6 nitrogen and oxygen atoms in total. The number of esters is 1. The van der Waals surface area contributed by atoms with Gasteiger partial charge in [-0.05, 0) is 51.8 Å². The Labute approximate surface area is 148 Å². The molecule has 6 heteroatoms. The highest BCUT2D eigenvalue weighted by Gasteiger charge is 2.30. The van der Waals surface area contributed by atoms with E-state index in [1.807, 2.05) is 26.0 Å². The van der Waals surface area contributed by atoms with E-state index in [1.54, 1.807) is 28.1 Å². The van der Waals surface area contributed by atoms with E-state index in [4.69, 9.17) is 14.2 Å². The minimum absolute atomic E-state index is 0.277. The van der Waals surface area contributed by atoms with Gasteiger partial charge >= 0.3 is 5.97 Å². The molecule has 1 aromatic carbocycles. The second-order valence-electron chi connectivity index (χ2n) is 6.93. The molecule has 25 heavy (non-hydrogen) atoms. The van der Waals surface area contributed by atoms with Gasteiger partial charge in [-0.1, -0.05) is 0 Å². The van der Waals surface area contributed by atoms with E-state index in [9.17, 15) is 9.59 Å². The van der Waals surface area contributed by atoms with Gasteiger partial charge in [0.25, 0.3) is 5.78 Å². The topological polar surface area (TPSA) is 73.9 Å². The summed E-state index contributed by atoms with van der Waals surface area (Å²) >= 11 is 0. The molecule has 0 unspecified atom stereocenters. The molecule has 0 saturated heterocycles. The van der Waals surface area contributed by atoms with Crippen LogP contribution in [0.15, 0.2) is 18.2 Å². The normalized spacial score (nSPS) is 16.8. The van der Waals surface area contributed by atoms with E-state index < -0.39 is 11.8 Å². The summed E-state index contributed by atoms with van der Waals surface area (Å²) in [4.78, 5) is 24.0. The molecular formula is C19H25NO5. The molecular weight excluding hydrogens is 322 g/mol. The number of carbonyl (C=O) groups excluding carboxylic acids is 2. The van der Waals surface area contributed by atoms with Crippen LogP contribution >= 0.6 is 0 Å².